The topological polar surface area (TPSA) is 23.5 Å². The molecule has 1 unspecified atom stereocenters. The fraction of sp³-hybridized carbons (Fsp3) is 1.00. The van der Waals surface area contributed by atoms with Crippen LogP contribution in [0.5, 0.6) is 0 Å². The third kappa shape index (κ3) is 2.23. The van der Waals surface area contributed by atoms with Gasteiger partial charge >= 0.3 is 0 Å². The van der Waals surface area contributed by atoms with Gasteiger partial charge in [0.15, 0.2) is 0 Å². The van der Waals surface area contributed by atoms with Crippen LogP contribution in [0.4, 0.5) is 0 Å². The Kier molecular flexibility index (Phi) is 2.61. The van der Waals surface area contributed by atoms with Gasteiger partial charge in [-0.25, -0.2) is 0 Å². The first-order valence-electron chi connectivity index (χ1n) is 5.58. The van der Waals surface area contributed by atoms with Crippen LogP contribution in [-0.2, 0) is 0 Å². The van der Waals surface area contributed by atoms with Gasteiger partial charge in [0, 0.05) is 12.6 Å². The van der Waals surface area contributed by atoms with Crippen molar-refractivity contribution < 1.29 is 5.11 Å². The Labute approximate surface area is 80.9 Å². The Morgan fingerprint density at radius 3 is 2.69 bits per heavy atom. The van der Waals surface area contributed by atoms with Gasteiger partial charge in [0.2, 0.25) is 0 Å². The van der Waals surface area contributed by atoms with Crippen molar-refractivity contribution in [1.29, 1.82) is 0 Å². The molecule has 0 spiro atoms. The van der Waals surface area contributed by atoms with E-state index in [9.17, 15) is 5.11 Å². The fourth-order valence-electron chi connectivity index (χ4n) is 2.32. The molecular formula is C11H21NO. The minimum Gasteiger partial charge on any atom is -0.396 e. The van der Waals surface area contributed by atoms with E-state index in [0.29, 0.717) is 6.61 Å². The van der Waals surface area contributed by atoms with Crippen molar-refractivity contribution in [1.82, 2.24) is 4.90 Å². The molecule has 13 heavy (non-hydrogen) atoms. The molecule has 1 aliphatic carbocycles. The van der Waals surface area contributed by atoms with Crippen LogP contribution in [0, 0.1) is 5.41 Å². The normalized spacial score (nSPS) is 37.4. The molecule has 2 heteroatoms. The SMILES string of the molecule is CC1(CO)CCCN(C2CC2)CC1. The summed E-state index contributed by atoms with van der Waals surface area (Å²) in [4.78, 5) is 2.63. The first-order chi connectivity index (χ1) is 6.23. The lowest BCUT2D eigenvalue weighted by Gasteiger charge is -2.25. The minimum absolute atomic E-state index is 0.212. The van der Waals surface area contributed by atoms with Gasteiger partial charge in [-0.2, -0.15) is 0 Å². The van der Waals surface area contributed by atoms with Crippen molar-refractivity contribution in [3.63, 3.8) is 0 Å². The third-order valence-corrected chi connectivity index (χ3v) is 3.67. The summed E-state index contributed by atoms with van der Waals surface area (Å²) in [6.45, 7) is 5.07. The Morgan fingerprint density at radius 1 is 1.31 bits per heavy atom. The molecule has 0 amide bonds. The lowest BCUT2D eigenvalue weighted by Crippen LogP contribution is -2.28. The predicted molar refractivity (Wildman–Crippen MR) is 53.6 cm³/mol. The largest absolute Gasteiger partial charge is 0.396 e. The Balaban J connectivity index is 1.88. The van der Waals surface area contributed by atoms with Crippen LogP contribution >= 0.6 is 0 Å². The van der Waals surface area contributed by atoms with Gasteiger partial charge in [-0.15, -0.1) is 0 Å². The van der Waals surface area contributed by atoms with E-state index >= 15 is 0 Å². The van der Waals surface area contributed by atoms with Crippen LogP contribution in [0.1, 0.15) is 39.0 Å². The summed E-state index contributed by atoms with van der Waals surface area (Å²) in [5.74, 6) is 0. The van der Waals surface area contributed by atoms with Crippen LogP contribution in [0.3, 0.4) is 0 Å². The molecule has 1 N–H and O–H groups in total. The second-order valence-corrected chi connectivity index (χ2v) is 5.09. The Bertz CT molecular complexity index is 179. The van der Waals surface area contributed by atoms with E-state index in [1.807, 2.05) is 0 Å². The van der Waals surface area contributed by atoms with Crippen molar-refractivity contribution in [2.24, 2.45) is 5.41 Å². The van der Waals surface area contributed by atoms with Gasteiger partial charge < -0.3 is 10.0 Å². The van der Waals surface area contributed by atoms with Gasteiger partial charge in [-0.1, -0.05) is 6.92 Å². The molecular weight excluding hydrogens is 162 g/mol. The van der Waals surface area contributed by atoms with Crippen molar-refractivity contribution in [2.45, 2.75) is 45.1 Å². The van der Waals surface area contributed by atoms with E-state index in [1.54, 1.807) is 0 Å². The number of hydrogen-bond donors (Lipinski definition) is 1. The first kappa shape index (κ1) is 9.47. The highest BCUT2D eigenvalue weighted by atomic mass is 16.3. The van der Waals surface area contributed by atoms with E-state index in [0.717, 1.165) is 6.04 Å². The summed E-state index contributed by atoms with van der Waals surface area (Å²) >= 11 is 0. The number of likely N-dealkylation sites (tertiary alicyclic amines) is 1. The van der Waals surface area contributed by atoms with E-state index in [-0.39, 0.29) is 5.41 Å². The summed E-state index contributed by atoms with van der Waals surface area (Å²) in [6, 6.07) is 0.904. The molecule has 2 aliphatic rings. The third-order valence-electron chi connectivity index (χ3n) is 3.67. The second kappa shape index (κ2) is 3.58. The quantitative estimate of drug-likeness (QED) is 0.703. The molecule has 1 atom stereocenters. The van der Waals surface area contributed by atoms with E-state index in [2.05, 4.69) is 11.8 Å². The van der Waals surface area contributed by atoms with Crippen molar-refractivity contribution >= 4 is 0 Å². The summed E-state index contributed by atoms with van der Waals surface area (Å²) in [6.07, 6.45) is 6.48. The number of aliphatic hydroxyl groups excluding tert-OH is 1. The Hall–Kier alpha value is -0.0800. The summed E-state index contributed by atoms with van der Waals surface area (Å²) in [7, 11) is 0. The highest BCUT2D eigenvalue weighted by Crippen LogP contribution is 2.34. The zero-order valence-corrected chi connectivity index (χ0v) is 8.63. The molecule has 76 valence electrons. The van der Waals surface area contributed by atoms with Crippen molar-refractivity contribution in [3.8, 4) is 0 Å². The zero-order chi connectivity index (χ0) is 9.31. The highest BCUT2D eigenvalue weighted by Gasteiger charge is 2.33. The molecule has 0 radical (unpaired) electrons. The fourth-order valence-corrected chi connectivity index (χ4v) is 2.32. The first-order valence-corrected chi connectivity index (χ1v) is 5.58. The number of aliphatic hydroxyl groups is 1. The predicted octanol–water partition coefficient (Wildman–Crippen LogP) is 1.63. The molecule has 1 saturated heterocycles. The van der Waals surface area contributed by atoms with E-state index in [1.165, 1.54) is 45.2 Å². The minimum atomic E-state index is 0.212. The number of rotatable bonds is 2. The van der Waals surface area contributed by atoms with Gasteiger partial charge in [-0.3, -0.25) is 0 Å². The average molecular weight is 183 g/mol. The molecule has 1 heterocycles. The van der Waals surface area contributed by atoms with E-state index in [4.69, 9.17) is 0 Å². The molecule has 2 nitrogen and oxygen atoms in total. The zero-order valence-electron chi connectivity index (χ0n) is 8.63. The van der Waals surface area contributed by atoms with Crippen LogP contribution in [0.2, 0.25) is 0 Å². The standard InChI is InChI=1S/C11H21NO/c1-11(9-13)5-2-7-12(8-6-11)10-3-4-10/h10,13H,2-9H2,1H3. The summed E-state index contributed by atoms with van der Waals surface area (Å²) in [5, 5.41) is 9.30. The molecule has 2 rings (SSSR count). The lowest BCUT2D eigenvalue weighted by atomic mass is 9.84. The van der Waals surface area contributed by atoms with Crippen LogP contribution in [-0.4, -0.2) is 35.7 Å². The van der Waals surface area contributed by atoms with Crippen LogP contribution < -0.4 is 0 Å². The number of hydrogen-bond acceptors (Lipinski definition) is 2. The van der Waals surface area contributed by atoms with Crippen LogP contribution in [0.15, 0.2) is 0 Å². The average Bonchev–Trinajstić information content (AvgIpc) is 2.91. The lowest BCUT2D eigenvalue weighted by molar-refractivity contribution is 0.124. The van der Waals surface area contributed by atoms with E-state index < -0.39 is 0 Å². The van der Waals surface area contributed by atoms with Gasteiger partial charge in [0.25, 0.3) is 0 Å². The molecule has 0 aromatic carbocycles. The monoisotopic (exact) mass is 183 g/mol. The summed E-state index contributed by atoms with van der Waals surface area (Å²) < 4.78 is 0. The molecule has 0 aromatic rings. The van der Waals surface area contributed by atoms with Crippen molar-refractivity contribution in [3.05, 3.63) is 0 Å². The molecule has 2 fully saturated rings. The Morgan fingerprint density at radius 2 is 2.08 bits per heavy atom. The van der Waals surface area contributed by atoms with Gasteiger partial charge in [-0.05, 0) is 50.6 Å². The maximum absolute atomic E-state index is 9.30. The maximum atomic E-state index is 9.30. The van der Waals surface area contributed by atoms with Crippen molar-refractivity contribution in [2.75, 3.05) is 19.7 Å². The molecule has 1 aliphatic heterocycles. The van der Waals surface area contributed by atoms with Gasteiger partial charge in [0.1, 0.15) is 0 Å². The molecule has 0 bridgehead atoms. The smallest absolute Gasteiger partial charge is 0.0485 e. The number of nitrogens with zero attached hydrogens (tertiary/aromatic N) is 1. The van der Waals surface area contributed by atoms with Crippen LogP contribution in [0.25, 0.3) is 0 Å². The second-order valence-electron chi connectivity index (χ2n) is 5.09. The maximum Gasteiger partial charge on any atom is 0.0485 e. The molecule has 1 saturated carbocycles. The van der Waals surface area contributed by atoms with Gasteiger partial charge in [0.05, 0.1) is 0 Å². The highest BCUT2D eigenvalue weighted by molar-refractivity contribution is 4.88. The summed E-state index contributed by atoms with van der Waals surface area (Å²) in [5.41, 5.74) is 0.212. The molecule has 0 aromatic heterocycles.